The van der Waals surface area contributed by atoms with E-state index < -0.39 is 0 Å². The van der Waals surface area contributed by atoms with E-state index in [4.69, 9.17) is 4.52 Å². The number of rotatable bonds is 6. The number of nitrogens with zero attached hydrogens (tertiary/aromatic N) is 1. The molecule has 6 heteroatoms. The molecular weight excluding hydrogens is 306 g/mol. The largest absolute Gasteiger partial charge is 0.356 e. The minimum atomic E-state index is -0.231. The Morgan fingerprint density at radius 1 is 1.12 bits per heavy atom. The maximum Gasteiger partial charge on any atom is 0.239 e. The zero-order valence-corrected chi connectivity index (χ0v) is 13.5. The van der Waals surface area contributed by atoms with Crippen molar-refractivity contribution >= 4 is 11.8 Å². The lowest BCUT2D eigenvalue weighted by atomic mass is 10.1. The fraction of sp³-hybridized carbons (Fsp3) is 0.389. The van der Waals surface area contributed by atoms with Crippen molar-refractivity contribution in [2.45, 2.75) is 32.2 Å². The molecule has 0 aliphatic heterocycles. The normalized spacial score (nSPS) is 14.5. The molecule has 1 aliphatic rings. The molecule has 2 amide bonds. The van der Waals surface area contributed by atoms with Crippen LogP contribution < -0.4 is 10.6 Å². The highest BCUT2D eigenvalue weighted by molar-refractivity contribution is 5.85. The van der Waals surface area contributed by atoms with Crippen molar-refractivity contribution in [2.75, 3.05) is 6.54 Å². The van der Waals surface area contributed by atoms with Gasteiger partial charge in [0.15, 0.2) is 5.76 Å². The van der Waals surface area contributed by atoms with Gasteiger partial charge < -0.3 is 15.2 Å². The van der Waals surface area contributed by atoms with E-state index in [1.54, 1.807) is 6.07 Å². The van der Waals surface area contributed by atoms with Gasteiger partial charge in [0.05, 0.1) is 13.1 Å². The summed E-state index contributed by atoms with van der Waals surface area (Å²) in [5.41, 5.74) is 1.58. The lowest BCUT2D eigenvalue weighted by Gasteiger charge is -2.09. The Morgan fingerprint density at radius 3 is 2.62 bits per heavy atom. The molecule has 3 rings (SSSR count). The van der Waals surface area contributed by atoms with E-state index in [2.05, 4.69) is 15.8 Å². The predicted octanol–water partition coefficient (Wildman–Crippen LogP) is 2.26. The van der Waals surface area contributed by atoms with Crippen molar-refractivity contribution in [1.82, 2.24) is 15.8 Å². The van der Waals surface area contributed by atoms with Gasteiger partial charge in [0.1, 0.15) is 5.69 Å². The average Bonchev–Trinajstić information content (AvgIpc) is 3.30. The van der Waals surface area contributed by atoms with Gasteiger partial charge in [0.25, 0.3) is 0 Å². The molecule has 1 fully saturated rings. The first-order valence-electron chi connectivity index (χ1n) is 8.28. The van der Waals surface area contributed by atoms with Gasteiger partial charge in [0.2, 0.25) is 11.8 Å². The molecule has 0 radical (unpaired) electrons. The molecule has 1 heterocycles. The third kappa shape index (κ3) is 4.22. The second-order valence-electron chi connectivity index (χ2n) is 6.02. The topological polar surface area (TPSA) is 84.2 Å². The highest BCUT2D eigenvalue weighted by Crippen LogP contribution is 2.24. The van der Waals surface area contributed by atoms with Crippen molar-refractivity contribution in [2.24, 2.45) is 5.92 Å². The molecule has 24 heavy (non-hydrogen) atoms. The van der Waals surface area contributed by atoms with Crippen LogP contribution in [0.1, 0.15) is 31.4 Å². The Labute approximate surface area is 140 Å². The van der Waals surface area contributed by atoms with Crippen LogP contribution in [0.15, 0.2) is 40.9 Å². The van der Waals surface area contributed by atoms with Gasteiger partial charge >= 0.3 is 0 Å². The average molecular weight is 327 g/mol. The molecular formula is C18H21N3O3. The molecule has 6 nitrogen and oxygen atoms in total. The monoisotopic (exact) mass is 327 g/mol. The number of benzene rings is 1. The fourth-order valence-corrected chi connectivity index (χ4v) is 2.88. The van der Waals surface area contributed by atoms with E-state index in [-0.39, 0.29) is 30.8 Å². The van der Waals surface area contributed by atoms with Crippen LogP contribution in [0.4, 0.5) is 0 Å². The number of hydrogen-bond acceptors (Lipinski definition) is 4. The first-order chi connectivity index (χ1) is 11.7. The summed E-state index contributed by atoms with van der Waals surface area (Å²) in [4.78, 5) is 23.7. The van der Waals surface area contributed by atoms with Crippen LogP contribution in [-0.4, -0.2) is 23.5 Å². The van der Waals surface area contributed by atoms with Crippen LogP contribution in [0.25, 0.3) is 11.3 Å². The van der Waals surface area contributed by atoms with E-state index >= 15 is 0 Å². The zero-order valence-electron chi connectivity index (χ0n) is 13.5. The molecule has 0 saturated heterocycles. The summed E-state index contributed by atoms with van der Waals surface area (Å²) in [5.74, 6) is 0.484. The van der Waals surface area contributed by atoms with E-state index in [9.17, 15) is 9.59 Å². The summed E-state index contributed by atoms with van der Waals surface area (Å²) >= 11 is 0. The smallest absolute Gasteiger partial charge is 0.239 e. The molecule has 0 atom stereocenters. The summed E-state index contributed by atoms with van der Waals surface area (Å²) in [6.07, 6.45) is 4.05. The molecule has 126 valence electrons. The van der Waals surface area contributed by atoms with E-state index in [0.29, 0.717) is 11.5 Å². The molecule has 2 N–H and O–H groups in total. The van der Waals surface area contributed by atoms with Gasteiger partial charge in [-0.1, -0.05) is 48.3 Å². The van der Waals surface area contributed by atoms with Crippen molar-refractivity contribution in [3.63, 3.8) is 0 Å². The van der Waals surface area contributed by atoms with Crippen LogP contribution in [-0.2, 0) is 16.1 Å². The predicted molar refractivity (Wildman–Crippen MR) is 88.8 cm³/mol. The maximum absolute atomic E-state index is 11.9. The van der Waals surface area contributed by atoms with Crippen molar-refractivity contribution in [1.29, 1.82) is 0 Å². The third-order valence-corrected chi connectivity index (χ3v) is 4.23. The second kappa shape index (κ2) is 7.77. The van der Waals surface area contributed by atoms with Crippen molar-refractivity contribution in [3.05, 3.63) is 42.1 Å². The number of aromatic nitrogens is 1. The highest BCUT2D eigenvalue weighted by atomic mass is 16.5. The van der Waals surface area contributed by atoms with E-state index in [0.717, 1.165) is 31.2 Å². The van der Waals surface area contributed by atoms with Gasteiger partial charge in [0, 0.05) is 17.5 Å². The highest BCUT2D eigenvalue weighted by Gasteiger charge is 2.22. The number of carbonyl (C=O) groups excluding carboxylic acids is 2. The van der Waals surface area contributed by atoms with Gasteiger partial charge in [-0.25, -0.2) is 0 Å². The lowest BCUT2D eigenvalue weighted by Crippen LogP contribution is -2.38. The fourth-order valence-electron chi connectivity index (χ4n) is 2.88. The van der Waals surface area contributed by atoms with Crippen molar-refractivity contribution < 1.29 is 14.1 Å². The zero-order chi connectivity index (χ0) is 16.8. The summed E-state index contributed by atoms with van der Waals surface area (Å²) in [6.45, 7) is 0.271. The first-order valence-corrected chi connectivity index (χ1v) is 8.28. The molecule has 0 spiro atoms. The van der Waals surface area contributed by atoms with Gasteiger partial charge in [-0.2, -0.15) is 0 Å². The van der Waals surface area contributed by atoms with Gasteiger partial charge in [-0.05, 0) is 12.8 Å². The molecule has 0 bridgehead atoms. The molecule has 1 aromatic carbocycles. The Bertz CT molecular complexity index is 691. The van der Waals surface area contributed by atoms with Gasteiger partial charge in [-0.3, -0.25) is 9.59 Å². The first kappa shape index (κ1) is 16.2. The summed E-state index contributed by atoms with van der Waals surface area (Å²) in [5, 5.41) is 9.38. The van der Waals surface area contributed by atoms with Crippen LogP contribution in [0, 0.1) is 5.92 Å². The summed E-state index contributed by atoms with van der Waals surface area (Å²) < 4.78 is 5.28. The van der Waals surface area contributed by atoms with Crippen molar-refractivity contribution in [3.8, 4) is 11.3 Å². The number of amides is 2. The standard InChI is InChI=1S/C18H21N3O3/c22-17(12-20-18(23)14-8-4-5-9-14)19-11-15-10-16(24-21-15)13-6-2-1-3-7-13/h1-3,6-7,10,14H,4-5,8-9,11-12H2,(H,19,22)(H,20,23). The Hall–Kier alpha value is -2.63. The van der Waals surface area contributed by atoms with Crippen LogP contribution in [0.2, 0.25) is 0 Å². The maximum atomic E-state index is 11.9. The second-order valence-corrected chi connectivity index (χ2v) is 6.02. The number of carbonyl (C=O) groups is 2. The SMILES string of the molecule is O=C(CNC(=O)C1CCCC1)NCc1cc(-c2ccccc2)on1. The van der Waals surface area contributed by atoms with E-state index in [1.807, 2.05) is 30.3 Å². The molecule has 2 aromatic rings. The van der Waals surface area contributed by atoms with Gasteiger partial charge in [-0.15, -0.1) is 0 Å². The minimum absolute atomic E-state index is 0.00126. The molecule has 1 aliphatic carbocycles. The summed E-state index contributed by atoms with van der Waals surface area (Å²) in [6, 6.07) is 11.4. The van der Waals surface area contributed by atoms with Crippen LogP contribution in [0.3, 0.4) is 0 Å². The van der Waals surface area contributed by atoms with Crippen LogP contribution >= 0.6 is 0 Å². The Balaban J connectivity index is 1.43. The summed E-state index contributed by atoms with van der Waals surface area (Å²) in [7, 11) is 0. The quantitative estimate of drug-likeness (QED) is 0.852. The molecule has 0 unspecified atom stereocenters. The number of hydrogen-bond donors (Lipinski definition) is 2. The Kier molecular flexibility index (Phi) is 5.25. The third-order valence-electron chi connectivity index (χ3n) is 4.23. The van der Waals surface area contributed by atoms with Crippen LogP contribution in [0.5, 0.6) is 0 Å². The molecule has 1 saturated carbocycles. The lowest BCUT2D eigenvalue weighted by molar-refractivity contribution is -0.128. The Morgan fingerprint density at radius 2 is 1.88 bits per heavy atom. The molecule has 1 aromatic heterocycles. The number of nitrogens with one attached hydrogen (secondary N) is 2. The minimum Gasteiger partial charge on any atom is -0.356 e. The van der Waals surface area contributed by atoms with E-state index in [1.165, 1.54) is 0 Å².